The minimum Gasteiger partial charge on any atom is -0.490 e. The van der Waals surface area contributed by atoms with Gasteiger partial charge < -0.3 is 9.47 Å². The summed E-state index contributed by atoms with van der Waals surface area (Å²) in [6.07, 6.45) is -0.454. The molecule has 0 aromatic heterocycles. The predicted octanol–water partition coefficient (Wildman–Crippen LogP) is 1.59. The molecule has 0 saturated heterocycles. The summed E-state index contributed by atoms with van der Waals surface area (Å²) >= 11 is 0. The van der Waals surface area contributed by atoms with Crippen molar-refractivity contribution in [3.63, 3.8) is 0 Å². The van der Waals surface area contributed by atoms with Crippen molar-refractivity contribution in [3.8, 4) is 5.75 Å². The molecule has 3 nitrogen and oxygen atoms in total. The SMILES string of the molecule is COC1COc2ccc(C)cc2C1=O. The van der Waals surface area contributed by atoms with Gasteiger partial charge in [0.1, 0.15) is 12.4 Å². The summed E-state index contributed by atoms with van der Waals surface area (Å²) in [7, 11) is 1.52. The summed E-state index contributed by atoms with van der Waals surface area (Å²) in [5.41, 5.74) is 1.68. The second-order valence-electron chi connectivity index (χ2n) is 3.40. The van der Waals surface area contributed by atoms with Crippen LogP contribution in [0.4, 0.5) is 0 Å². The Kier molecular flexibility index (Phi) is 2.25. The number of fused-ring (bicyclic) bond motifs is 1. The lowest BCUT2D eigenvalue weighted by molar-refractivity contribution is 0.0368. The average Bonchev–Trinajstić information content (AvgIpc) is 2.20. The lowest BCUT2D eigenvalue weighted by atomic mass is 10.0. The van der Waals surface area contributed by atoms with Gasteiger partial charge >= 0.3 is 0 Å². The molecule has 14 heavy (non-hydrogen) atoms. The summed E-state index contributed by atoms with van der Waals surface area (Å²) in [5.74, 6) is 0.673. The molecule has 1 atom stereocenters. The highest BCUT2D eigenvalue weighted by Gasteiger charge is 2.28. The first kappa shape index (κ1) is 9.21. The van der Waals surface area contributed by atoms with Gasteiger partial charge in [-0.3, -0.25) is 4.79 Å². The third-order valence-corrected chi connectivity index (χ3v) is 2.37. The van der Waals surface area contributed by atoms with Crippen LogP contribution in [0, 0.1) is 6.92 Å². The van der Waals surface area contributed by atoms with E-state index in [9.17, 15) is 4.79 Å². The van der Waals surface area contributed by atoms with Crippen LogP contribution in [0.1, 0.15) is 15.9 Å². The fourth-order valence-electron chi connectivity index (χ4n) is 1.55. The van der Waals surface area contributed by atoms with E-state index >= 15 is 0 Å². The van der Waals surface area contributed by atoms with Crippen LogP contribution in [0.3, 0.4) is 0 Å². The summed E-state index contributed by atoms with van der Waals surface area (Å²) < 4.78 is 10.4. The highest BCUT2D eigenvalue weighted by atomic mass is 16.5. The third-order valence-electron chi connectivity index (χ3n) is 2.37. The van der Waals surface area contributed by atoms with Gasteiger partial charge in [0, 0.05) is 7.11 Å². The number of carbonyl (C=O) groups is 1. The number of benzene rings is 1. The number of aryl methyl sites for hydroxylation is 1. The first-order valence-electron chi connectivity index (χ1n) is 4.53. The summed E-state index contributed by atoms with van der Waals surface area (Å²) in [6, 6.07) is 5.59. The zero-order valence-corrected chi connectivity index (χ0v) is 8.24. The number of Topliss-reactive ketones (excluding diaryl/α,β-unsaturated/α-hetero) is 1. The molecule has 1 aliphatic rings. The molecule has 2 rings (SSSR count). The number of hydrogen-bond acceptors (Lipinski definition) is 3. The van der Waals surface area contributed by atoms with Crippen molar-refractivity contribution >= 4 is 5.78 Å². The van der Waals surface area contributed by atoms with Crippen LogP contribution in [0.2, 0.25) is 0 Å². The molecule has 0 saturated carbocycles. The van der Waals surface area contributed by atoms with Crippen LogP contribution >= 0.6 is 0 Å². The molecule has 74 valence electrons. The van der Waals surface area contributed by atoms with Crippen LogP contribution in [0.25, 0.3) is 0 Å². The van der Waals surface area contributed by atoms with Gasteiger partial charge in [-0.15, -0.1) is 0 Å². The molecular weight excluding hydrogens is 180 g/mol. The topological polar surface area (TPSA) is 35.5 Å². The molecule has 0 radical (unpaired) electrons. The van der Waals surface area contributed by atoms with Gasteiger partial charge in [0.2, 0.25) is 0 Å². The van der Waals surface area contributed by atoms with E-state index in [0.29, 0.717) is 17.9 Å². The van der Waals surface area contributed by atoms with Gasteiger partial charge in [0.05, 0.1) is 5.56 Å². The standard InChI is InChI=1S/C11H12O3/c1-7-3-4-9-8(5-7)11(12)10(13-2)6-14-9/h3-5,10H,6H2,1-2H3. The normalized spacial score (nSPS) is 20.1. The maximum Gasteiger partial charge on any atom is 0.198 e. The van der Waals surface area contributed by atoms with Crippen molar-refractivity contribution in [2.45, 2.75) is 13.0 Å². The van der Waals surface area contributed by atoms with E-state index in [1.54, 1.807) is 0 Å². The maximum atomic E-state index is 11.8. The second-order valence-corrected chi connectivity index (χ2v) is 3.40. The van der Waals surface area contributed by atoms with E-state index in [2.05, 4.69) is 0 Å². The minimum absolute atomic E-state index is 0.0115. The molecule has 3 heteroatoms. The average molecular weight is 192 g/mol. The number of carbonyl (C=O) groups excluding carboxylic acids is 1. The molecule has 0 aliphatic carbocycles. The van der Waals surface area contributed by atoms with Gasteiger partial charge in [-0.05, 0) is 19.1 Å². The maximum absolute atomic E-state index is 11.8. The monoisotopic (exact) mass is 192 g/mol. The number of ether oxygens (including phenoxy) is 2. The van der Waals surface area contributed by atoms with E-state index in [1.807, 2.05) is 25.1 Å². The lowest BCUT2D eigenvalue weighted by Crippen LogP contribution is -2.34. The highest BCUT2D eigenvalue weighted by Crippen LogP contribution is 2.26. The zero-order chi connectivity index (χ0) is 10.1. The van der Waals surface area contributed by atoms with Crippen LogP contribution in [-0.4, -0.2) is 25.6 Å². The smallest absolute Gasteiger partial charge is 0.198 e. The van der Waals surface area contributed by atoms with Crippen molar-refractivity contribution in [1.82, 2.24) is 0 Å². The Morgan fingerprint density at radius 3 is 3.00 bits per heavy atom. The van der Waals surface area contributed by atoms with Gasteiger partial charge in [-0.25, -0.2) is 0 Å². The molecule has 1 aromatic rings. The molecule has 0 bridgehead atoms. The number of hydrogen-bond donors (Lipinski definition) is 0. The Hall–Kier alpha value is -1.35. The number of methoxy groups -OCH3 is 1. The summed E-state index contributed by atoms with van der Waals surface area (Å²) in [6.45, 7) is 2.26. The van der Waals surface area contributed by atoms with Gasteiger partial charge in [0.15, 0.2) is 11.9 Å². The first-order valence-corrected chi connectivity index (χ1v) is 4.53. The van der Waals surface area contributed by atoms with Crippen molar-refractivity contribution in [2.24, 2.45) is 0 Å². The number of ketones is 1. The first-order chi connectivity index (χ1) is 6.72. The van der Waals surface area contributed by atoms with Crippen LogP contribution in [-0.2, 0) is 4.74 Å². The minimum atomic E-state index is -0.454. The van der Waals surface area contributed by atoms with Crippen LogP contribution in [0.15, 0.2) is 18.2 Å². The van der Waals surface area contributed by atoms with Crippen molar-refractivity contribution in [2.75, 3.05) is 13.7 Å². The molecule has 1 aliphatic heterocycles. The molecule has 1 heterocycles. The number of rotatable bonds is 1. The van der Waals surface area contributed by atoms with E-state index < -0.39 is 6.10 Å². The molecule has 0 N–H and O–H groups in total. The van der Waals surface area contributed by atoms with E-state index in [1.165, 1.54) is 7.11 Å². The van der Waals surface area contributed by atoms with Crippen LogP contribution < -0.4 is 4.74 Å². The Bertz CT molecular complexity index is 371. The summed E-state index contributed by atoms with van der Waals surface area (Å²) in [4.78, 5) is 11.8. The highest BCUT2D eigenvalue weighted by molar-refractivity contribution is 6.03. The Balaban J connectivity index is 2.43. The third kappa shape index (κ3) is 1.40. The quantitative estimate of drug-likeness (QED) is 0.677. The zero-order valence-electron chi connectivity index (χ0n) is 8.24. The molecule has 1 aromatic carbocycles. The van der Waals surface area contributed by atoms with E-state index in [0.717, 1.165) is 5.56 Å². The molecular formula is C11H12O3. The van der Waals surface area contributed by atoms with Crippen molar-refractivity contribution in [3.05, 3.63) is 29.3 Å². The lowest BCUT2D eigenvalue weighted by Gasteiger charge is -2.23. The second kappa shape index (κ2) is 3.42. The Morgan fingerprint density at radius 2 is 2.29 bits per heavy atom. The van der Waals surface area contributed by atoms with Crippen LogP contribution in [0.5, 0.6) is 5.75 Å². The van der Waals surface area contributed by atoms with Gasteiger partial charge in [-0.2, -0.15) is 0 Å². The Morgan fingerprint density at radius 1 is 1.50 bits per heavy atom. The van der Waals surface area contributed by atoms with E-state index in [4.69, 9.17) is 9.47 Å². The van der Waals surface area contributed by atoms with E-state index in [-0.39, 0.29) is 5.78 Å². The largest absolute Gasteiger partial charge is 0.490 e. The Labute approximate surface area is 82.6 Å². The van der Waals surface area contributed by atoms with Crippen molar-refractivity contribution in [1.29, 1.82) is 0 Å². The molecule has 0 fully saturated rings. The fourth-order valence-corrected chi connectivity index (χ4v) is 1.55. The molecule has 0 spiro atoms. The van der Waals surface area contributed by atoms with Gasteiger partial charge in [-0.1, -0.05) is 11.6 Å². The fraction of sp³-hybridized carbons (Fsp3) is 0.364. The van der Waals surface area contributed by atoms with Gasteiger partial charge in [0.25, 0.3) is 0 Å². The molecule has 1 unspecified atom stereocenters. The molecule has 0 amide bonds. The summed E-state index contributed by atoms with van der Waals surface area (Å²) in [5, 5.41) is 0. The van der Waals surface area contributed by atoms with Crippen molar-refractivity contribution < 1.29 is 14.3 Å². The predicted molar refractivity (Wildman–Crippen MR) is 51.8 cm³/mol.